The van der Waals surface area contributed by atoms with E-state index in [2.05, 4.69) is 39.5 Å². The topological polar surface area (TPSA) is 55.6 Å². The summed E-state index contributed by atoms with van der Waals surface area (Å²) in [7, 11) is 0. The highest BCUT2D eigenvalue weighted by Crippen LogP contribution is 2.26. The predicted molar refractivity (Wildman–Crippen MR) is 65.3 cm³/mol. The molecule has 5 nitrogen and oxygen atoms in total. The number of aromatic nitrogens is 4. The quantitative estimate of drug-likeness (QED) is 0.835. The van der Waals surface area contributed by atoms with Crippen molar-refractivity contribution in [2.24, 2.45) is 0 Å². The zero-order chi connectivity index (χ0) is 11.2. The van der Waals surface area contributed by atoms with Crippen LogP contribution < -0.4 is 5.32 Å². The molecule has 6 heteroatoms. The summed E-state index contributed by atoms with van der Waals surface area (Å²) < 4.78 is 1.95. The summed E-state index contributed by atoms with van der Waals surface area (Å²) in [4.78, 5) is 0. The molecule has 1 unspecified atom stereocenters. The normalized spacial score (nSPS) is 21.2. The highest BCUT2D eigenvalue weighted by atomic mass is 32.2. The number of thioether (sulfide) groups is 1. The summed E-state index contributed by atoms with van der Waals surface area (Å²) in [6.45, 7) is 4.76. The molecule has 16 heavy (non-hydrogen) atoms. The molecule has 1 N–H and O–H groups in total. The van der Waals surface area contributed by atoms with E-state index in [1.54, 1.807) is 0 Å². The zero-order valence-corrected chi connectivity index (χ0v) is 10.5. The molecule has 2 rings (SSSR count). The lowest BCUT2D eigenvalue weighted by Gasteiger charge is -2.21. The van der Waals surface area contributed by atoms with Crippen LogP contribution in [-0.4, -0.2) is 37.8 Å². The average molecular weight is 241 g/mol. The first-order valence-electron chi connectivity index (χ1n) is 5.97. The molecule has 90 valence electrons. The van der Waals surface area contributed by atoms with Crippen molar-refractivity contribution >= 4 is 11.8 Å². The van der Waals surface area contributed by atoms with Crippen molar-refractivity contribution in [3.63, 3.8) is 0 Å². The van der Waals surface area contributed by atoms with E-state index >= 15 is 0 Å². The lowest BCUT2D eigenvalue weighted by molar-refractivity contribution is 0.505. The molecule has 1 fully saturated rings. The Labute approximate surface area is 100 Å². The molecule has 0 aromatic carbocycles. The molecule has 1 saturated heterocycles. The largest absolute Gasteiger partial charge is 0.310 e. The fourth-order valence-electron chi connectivity index (χ4n) is 1.87. The summed E-state index contributed by atoms with van der Waals surface area (Å²) in [6.07, 6.45) is 4.01. The van der Waals surface area contributed by atoms with Crippen LogP contribution in [0.4, 0.5) is 0 Å². The van der Waals surface area contributed by atoms with E-state index in [0.29, 0.717) is 5.25 Å². The van der Waals surface area contributed by atoms with Gasteiger partial charge in [-0.2, -0.15) is 11.8 Å². The van der Waals surface area contributed by atoms with Crippen LogP contribution in [0.25, 0.3) is 0 Å². The number of nitrogens with zero attached hydrogens (tertiary/aromatic N) is 4. The van der Waals surface area contributed by atoms with Crippen molar-refractivity contribution in [3.05, 3.63) is 5.82 Å². The second kappa shape index (κ2) is 6.20. The fourth-order valence-corrected chi connectivity index (χ4v) is 3.16. The molecule has 0 bridgehead atoms. The van der Waals surface area contributed by atoms with Gasteiger partial charge in [0, 0.05) is 5.25 Å². The first kappa shape index (κ1) is 11.9. The van der Waals surface area contributed by atoms with Gasteiger partial charge >= 0.3 is 0 Å². The molecule has 1 aromatic rings. The number of hydrogen-bond acceptors (Lipinski definition) is 5. The molecule has 2 heterocycles. The first-order chi connectivity index (χ1) is 7.90. The summed E-state index contributed by atoms with van der Waals surface area (Å²) in [5, 5.41) is 15.8. The zero-order valence-electron chi connectivity index (χ0n) is 9.72. The molecule has 0 aliphatic carbocycles. The Morgan fingerprint density at radius 1 is 1.50 bits per heavy atom. The Bertz CT molecular complexity index is 308. The van der Waals surface area contributed by atoms with Crippen LogP contribution in [-0.2, 0) is 13.1 Å². The molecule has 0 spiro atoms. The molecule has 0 saturated carbocycles. The molecule has 1 atom stereocenters. The van der Waals surface area contributed by atoms with Crippen LogP contribution in [0.15, 0.2) is 0 Å². The lowest BCUT2D eigenvalue weighted by atomic mass is 10.2. The molecular weight excluding hydrogens is 222 g/mol. The molecule has 0 radical (unpaired) electrons. The van der Waals surface area contributed by atoms with Crippen LogP contribution in [0.1, 0.15) is 32.0 Å². The summed E-state index contributed by atoms with van der Waals surface area (Å²) in [5.41, 5.74) is 0. The third-order valence-electron chi connectivity index (χ3n) is 2.79. The molecule has 1 aromatic heterocycles. The van der Waals surface area contributed by atoms with Crippen LogP contribution in [0, 0.1) is 0 Å². The fraction of sp³-hybridized carbons (Fsp3) is 0.900. The summed E-state index contributed by atoms with van der Waals surface area (Å²) in [6, 6.07) is 0. The highest BCUT2D eigenvalue weighted by Gasteiger charge is 2.16. The Kier molecular flexibility index (Phi) is 4.59. The van der Waals surface area contributed by atoms with Crippen LogP contribution >= 0.6 is 11.8 Å². The van der Waals surface area contributed by atoms with Crippen molar-refractivity contribution in [2.75, 3.05) is 12.3 Å². The third kappa shape index (κ3) is 3.18. The van der Waals surface area contributed by atoms with Gasteiger partial charge in [0.05, 0.1) is 13.1 Å². The van der Waals surface area contributed by atoms with Gasteiger partial charge in [-0.25, -0.2) is 4.68 Å². The van der Waals surface area contributed by atoms with Gasteiger partial charge in [-0.3, -0.25) is 0 Å². The van der Waals surface area contributed by atoms with E-state index in [0.717, 1.165) is 25.5 Å². The minimum Gasteiger partial charge on any atom is -0.310 e. The molecule has 1 aliphatic heterocycles. The number of tetrazole rings is 1. The van der Waals surface area contributed by atoms with Crippen LogP contribution in [0.3, 0.4) is 0 Å². The average Bonchev–Trinajstić information content (AvgIpc) is 2.75. The Hall–Kier alpha value is -0.620. The maximum Gasteiger partial charge on any atom is 0.165 e. The second-order valence-electron chi connectivity index (χ2n) is 4.05. The maximum absolute atomic E-state index is 4.07. The van der Waals surface area contributed by atoms with Gasteiger partial charge in [-0.15, -0.1) is 5.10 Å². The smallest absolute Gasteiger partial charge is 0.165 e. The summed E-state index contributed by atoms with van der Waals surface area (Å²) in [5.74, 6) is 2.24. The lowest BCUT2D eigenvalue weighted by Crippen LogP contribution is -2.22. The minimum atomic E-state index is 0.692. The van der Waals surface area contributed by atoms with Crippen LogP contribution in [0.2, 0.25) is 0 Å². The van der Waals surface area contributed by atoms with Gasteiger partial charge < -0.3 is 5.32 Å². The number of rotatable bonds is 5. The van der Waals surface area contributed by atoms with Gasteiger partial charge in [-0.1, -0.05) is 13.3 Å². The van der Waals surface area contributed by atoms with Gasteiger partial charge in [-0.05, 0) is 35.6 Å². The first-order valence-corrected chi connectivity index (χ1v) is 7.02. The molecular formula is C10H19N5S. The number of hydrogen-bond donors (Lipinski definition) is 1. The number of nitrogens with one attached hydrogen (secondary N) is 1. The summed E-state index contributed by atoms with van der Waals surface area (Å²) >= 11 is 2.06. The van der Waals surface area contributed by atoms with Crippen molar-refractivity contribution in [3.8, 4) is 0 Å². The standard InChI is InChI=1S/C10H19N5S/c1-2-11-7-10-12-13-14-15(10)8-9-5-3-4-6-16-9/h9,11H,2-8H2,1H3. The second-order valence-corrected chi connectivity index (χ2v) is 5.45. The van der Waals surface area contributed by atoms with Crippen molar-refractivity contribution in [1.82, 2.24) is 25.5 Å². The Morgan fingerprint density at radius 2 is 2.44 bits per heavy atom. The van der Waals surface area contributed by atoms with E-state index in [-0.39, 0.29) is 0 Å². The van der Waals surface area contributed by atoms with Crippen molar-refractivity contribution in [2.45, 2.75) is 44.5 Å². The van der Waals surface area contributed by atoms with Gasteiger partial charge in [0.1, 0.15) is 0 Å². The Morgan fingerprint density at radius 3 is 3.19 bits per heavy atom. The van der Waals surface area contributed by atoms with E-state index in [1.165, 1.54) is 25.0 Å². The van der Waals surface area contributed by atoms with E-state index in [4.69, 9.17) is 0 Å². The molecule has 1 aliphatic rings. The van der Waals surface area contributed by atoms with Crippen molar-refractivity contribution < 1.29 is 0 Å². The monoisotopic (exact) mass is 241 g/mol. The maximum atomic E-state index is 4.07. The SMILES string of the molecule is CCNCc1nnnn1CC1CCCCS1. The van der Waals surface area contributed by atoms with Gasteiger partial charge in [0.2, 0.25) is 0 Å². The van der Waals surface area contributed by atoms with Gasteiger partial charge in [0.25, 0.3) is 0 Å². The van der Waals surface area contributed by atoms with Crippen molar-refractivity contribution in [1.29, 1.82) is 0 Å². The molecule has 0 amide bonds. The van der Waals surface area contributed by atoms with Gasteiger partial charge in [0.15, 0.2) is 5.82 Å². The van der Waals surface area contributed by atoms with E-state index in [9.17, 15) is 0 Å². The Balaban J connectivity index is 1.89. The van der Waals surface area contributed by atoms with Crippen LogP contribution in [0.5, 0.6) is 0 Å². The highest BCUT2D eigenvalue weighted by molar-refractivity contribution is 7.99. The van der Waals surface area contributed by atoms with E-state index in [1.807, 2.05) is 4.68 Å². The minimum absolute atomic E-state index is 0.692. The predicted octanol–water partition coefficient (Wildman–Crippen LogP) is 1.07. The third-order valence-corrected chi connectivity index (χ3v) is 4.17. The van der Waals surface area contributed by atoms with E-state index < -0.39 is 0 Å².